The van der Waals surface area contributed by atoms with Crippen LogP contribution in [0.4, 0.5) is 5.69 Å². The molecule has 1 saturated heterocycles. The molecule has 30 heavy (non-hydrogen) atoms. The van der Waals surface area contributed by atoms with Gasteiger partial charge in [0.05, 0.1) is 0 Å². The molecular weight excluding hydrogens is 489 g/mol. The molecule has 0 aliphatic carbocycles. The second kappa shape index (κ2) is 12.8. The van der Waals surface area contributed by atoms with E-state index in [-0.39, 0.29) is 24.0 Å². The lowest BCUT2D eigenvalue weighted by Crippen LogP contribution is -2.49. The molecular formula is C22H36IN7. The van der Waals surface area contributed by atoms with Crippen LogP contribution in [0, 0.1) is 13.8 Å². The monoisotopic (exact) mass is 525 g/mol. The van der Waals surface area contributed by atoms with Crippen LogP contribution < -0.4 is 15.5 Å². The van der Waals surface area contributed by atoms with Gasteiger partial charge in [-0.05, 0) is 43.5 Å². The van der Waals surface area contributed by atoms with Crippen LogP contribution in [0.2, 0.25) is 0 Å². The number of nitrogens with one attached hydrogen (secondary N) is 2. The average Bonchev–Trinajstić information content (AvgIpc) is 3.26. The van der Waals surface area contributed by atoms with Gasteiger partial charge in [-0.25, -0.2) is 0 Å². The molecule has 1 aliphatic heterocycles. The Morgan fingerprint density at radius 1 is 1.03 bits per heavy atom. The molecule has 0 radical (unpaired) electrons. The molecule has 0 saturated carbocycles. The van der Waals surface area contributed by atoms with Crippen molar-refractivity contribution in [1.82, 2.24) is 25.3 Å². The van der Waals surface area contributed by atoms with E-state index in [1.54, 1.807) is 0 Å². The minimum atomic E-state index is 0. The molecule has 1 aromatic carbocycles. The molecule has 1 aliphatic rings. The van der Waals surface area contributed by atoms with E-state index in [9.17, 15) is 0 Å². The largest absolute Gasteiger partial charge is 0.369 e. The molecule has 166 valence electrons. The number of guanidine groups is 1. The van der Waals surface area contributed by atoms with E-state index in [0.29, 0.717) is 0 Å². The molecule has 2 aromatic rings. The van der Waals surface area contributed by atoms with Crippen molar-refractivity contribution in [3.63, 3.8) is 0 Å². The van der Waals surface area contributed by atoms with Crippen LogP contribution in [-0.4, -0.2) is 73.5 Å². The highest BCUT2D eigenvalue weighted by Gasteiger charge is 2.18. The summed E-state index contributed by atoms with van der Waals surface area (Å²) < 4.78 is 1.95. The topological polar surface area (TPSA) is 60.7 Å². The van der Waals surface area contributed by atoms with Crippen LogP contribution in [0.1, 0.15) is 17.5 Å². The Kier molecular flexibility index (Phi) is 10.4. The third kappa shape index (κ3) is 7.16. The highest BCUT2D eigenvalue weighted by molar-refractivity contribution is 14.0. The van der Waals surface area contributed by atoms with Gasteiger partial charge in [0.2, 0.25) is 0 Å². The summed E-state index contributed by atoms with van der Waals surface area (Å²) in [6, 6.07) is 8.57. The van der Waals surface area contributed by atoms with Crippen molar-refractivity contribution >= 4 is 35.6 Å². The van der Waals surface area contributed by atoms with Crippen molar-refractivity contribution in [2.75, 3.05) is 57.8 Å². The van der Waals surface area contributed by atoms with Gasteiger partial charge in [0.15, 0.2) is 5.96 Å². The lowest BCUT2D eigenvalue weighted by Gasteiger charge is -2.37. The summed E-state index contributed by atoms with van der Waals surface area (Å²) >= 11 is 0. The zero-order valence-electron chi connectivity index (χ0n) is 18.5. The molecule has 0 unspecified atom stereocenters. The Hall–Kier alpha value is -1.81. The van der Waals surface area contributed by atoms with Crippen LogP contribution >= 0.6 is 24.0 Å². The molecule has 8 heteroatoms. The number of aromatic nitrogens is 2. The van der Waals surface area contributed by atoms with Gasteiger partial charge in [0.25, 0.3) is 0 Å². The number of anilines is 1. The first kappa shape index (κ1) is 24.5. The van der Waals surface area contributed by atoms with E-state index >= 15 is 0 Å². The highest BCUT2D eigenvalue weighted by atomic mass is 127. The zero-order valence-corrected chi connectivity index (χ0v) is 20.8. The van der Waals surface area contributed by atoms with Crippen molar-refractivity contribution in [2.24, 2.45) is 4.99 Å². The predicted octanol–water partition coefficient (Wildman–Crippen LogP) is 2.50. The van der Waals surface area contributed by atoms with Gasteiger partial charge in [0, 0.05) is 77.5 Å². The Balaban J connectivity index is 0.00000320. The molecule has 3 rings (SSSR count). The summed E-state index contributed by atoms with van der Waals surface area (Å²) in [7, 11) is 1.83. The Labute approximate surface area is 197 Å². The number of aryl methyl sites for hydroxylation is 2. The predicted molar refractivity (Wildman–Crippen MR) is 136 cm³/mol. The summed E-state index contributed by atoms with van der Waals surface area (Å²) in [5.41, 5.74) is 4.17. The molecule has 0 spiro atoms. The van der Waals surface area contributed by atoms with Crippen LogP contribution in [0.5, 0.6) is 0 Å². The normalized spacial score (nSPS) is 15.0. The molecule has 0 atom stereocenters. The number of halogens is 1. The maximum Gasteiger partial charge on any atom is 0.191 e. The van der Waals surface area contributed by atoms with E-state index in [0.717, 1.165) is 64.7 Å². The first-order chi connectivity index (χ1) is 14.2. The fourth-order valence-corrected chi connectivity index (χ4v) is 3.72. The summed E-state index contributed by atoms with van der Waals surface area (Å²) in [4.78, 5) is 9.37. The number of benzene rings is 1. The first-order valence-corrected chi connectivity index (χ1v) is 10.6. The fraction of sp³-hybridized carbons (Fsp3) is 0.545. The standard InChI is InChI=1S/C22H35N7.HI/c1-19-7-4-8-21(20(19)2)28-17-15-27(16-18-28)14-11-25-22(23-3)24-9-5-12-29-13-6-10-26-29;/h4,6-8,10,13H,5,9,11-12,14-18H2,1-3H3,(H2,23,24,25);1H. The van der Waals surface area contributed by atoms with Crippen molar-refractivity contribution in [1.29, 1.82) is 0 Å². The van der Waals surface area contributed by atoms with E-state index < -0.39 is 0 Å². The number of aliphatic imine (C=N–C) groups is 1. The lowest BCUT2D eigenvalue weighted by molar-refractivity contribution is 0.261. The third-order valence-electron chi connectivity index (χ3n) is 5.65. The Bertz CT molecular complexity index is 768. The van der Waals surface area contributed by atoms with Gasteiger partial charge in [-0.3, -0.25) is 14.6 Å². The Morgan fingerprint density at radius 3 is 2.50 bits per heavy atom. The maximum atomic E-state index is 4.32. The van der Waals surface area contributed by atoms with E-state index in [2.05, 4.69) is 62.6 Å². The number of rotatable bonds is 8. The van der Waals surface area contributed by atoms with Gasteiger partial charge in [-0.1, -0.05) is 12.1 Å². The lowest BCUT2D eigenvalue weighted by atomic mass is 10.1. The Morgan fingerprint density at radius 2 is 1.80 bits per heavy atom. The van der Waals surface area contributed by atoms with Crippen LogP contribution in [0.3, 0.4) is 0 Å². The molecule has 2 N–H and O–H groups in total. The van der Waals surface area contributed by atoms with Crippen molar-refractivity contribution < 1.29 is 0 Å². The molecule has 2 heterocycles. The summed E-state index contributed by atoms with van der Waals surface area (Å²) in [5, 5.41) is 11.0. The second-order valence-electron chi connectivity index (χ2n) is 7.60. The van der Waals surface area contributed by atoms with Gasteiger partial charge in [-0.2, -0.15) is 5.10 Å². The van der Waals surface area contributed by atoms with E-state index in [1.165, 1.54) is 16.8 Å². The number of hydrogen-bond donors (Lipinski definition) is 2. The molecule has 0 bridgehead atoms. The smallest absolute Gasteiger partial charge is 0.191 e. The first-order valence-electron chi connectivity index (χ1n) is 10.6. The highest BCUT2D eigenvalue weighted by Crippen LogP contribution is 2.23. The zero-order chi connectivity index (χ0) is 20.5. The van der Waals surface area contributed by atoms with Crippen LogP contribution in [0.15, 0.2) is 41.7 Å². The van der Waals surface area contributed by atoms with Crippen LogP contribution in [-0.2, 0) is 6.54 Å². The summed E-state index contributed by atoms with van der Waals surface area (Å²) in [5.74, 6) is 0.875. The number of hydrogen-bond acceptors (Lipinski definition) is 4. The number of piperazine rings is 1. The van der Waals surface area contributed by atoms with Gasteiger partial charge < -0.3 is 15.5 Å². The third-order valence-corrected chi connectivity index (χ3v) is 5.65. The SMILES string of the molecule is CN=C(NCCCn1cccn1)NCCN1CCN(c2cccc(C)c2C)CC1.I. The van der Waals surface area contributed by atoms with E-state index in [4.69, 9.17) is 0 Å². The maximum absolute atomic E-state index is 4.32. The molecule has 1 aromatic heterocycles. The second-order valence-corrected chi connectivity index (χ2v) is 7.60. The summed E-state index contributed by atoms with van der Waals surface area (Å²) in [6.07, 6.45) is 4.82. The molecule has 0 amide bonds. The minimum absolute atomic E-state index is 0. The summed E-state index contributed by atoms with van der Waals surface area (Å²) in [6.45, 7) is 12.5. The van der Waals surface area contributed by atoms with Gasteiger partial charge >= 0.3 is 0 Å². The molecule has 1 fully saturated rings. The van der Waals surface area contributed by atoms with Gasteiger partial charge in [-0.15, -0.1) is 24.0 Å². The molecule has 7 nitrogen and oxygen atoms in total. The van der Waals surface area contributed by atoms with Crippen molar-refractivity contribution in [3.05, 3.63) is 47.8 Å². The van der Waals surface area contributed by atoms with E-state index in [1.807, 2.05) is 30.2 Å². The quantitative estimate of drug-likeness (QED) is 0.240. The van der Waals surface area contributed by atoms with Crippen molar-refractivity contribution in [2.45, 2.75) is 26.8 Å². The van der Waals surface area contributed by atoms with Gasteiger partial charge in [0.1, 0.15) is 0 Å². The van der Waals surface area contributed by atoms with Crippen LogP contribution in [0.25, 0.3) is 0 Å². The number of nitrogens with zero attached hydrogens (tertiary/aromatic N) is 5. The van der Waals surface area contributed by atoms with Crippen molar-refractivity contribution in [3.8, 4) is 0 Å². The minimum Gasteiger partial charge on any atom is -0.369 e. The average molecular weight is 525 g/mol. The fourth-order valence-electron chi connectivity index (χ4n) is 3.72.